The van der Waals surface area contributed by atoms with Crippen LogP contribution in [0.3, 0.4) is 0 Å². The number of amides is 1. The van der Waals surface area contributed by atoms with E-state index in [1.54, 1.807) is 27.8 Å². The lowest BCUT2D eigenvalue weighted by molar-refractivity contribution is 0.0596. The van der Waals surface area contributed by atoms with E-state index in [1.165, 1.54) is 23.5 Å². The largest absolute Gasteiger partial charge is 0.503 e. The van der Waals surface area contributed by atoms with Gasteiger partial charge in [0.1, 0.15) is 10.8 Å². The molecule has 0 fully saturated rings. The van der Waals surface area contributed by atoms with Crippen LogP contribution in [0.15, 0.2) is 35.3 Å². The zero-order valence-electron chi connectivity index (χ0n) is 17.5. The zero-order valence-corrected chi connectivity index (χ0v) is 18.3. The number of aromatic nitrogens is 3. The molecule has 2 aromatic heterocycles. The summed E-state index contributed by atoms with van der Waals surface area (Å²) in [6.07, 6.45) is 2.80. The minimum Gasteiger partial charge on any atom is -0.503 e. The SMILES string of the molecule is CC[C@H]1CN(C(C)C)C(=O)c2c(O)c(=O)c(-c3nnc(Cc4ccc(F)cc4)s3)cn21. The van der Waals surface area contributed by atoms with Gasteiger partial charge in [-0.15, -0.1) is 10.2 Å². The van der Waals surface area contributed by atoms with Crippen molar-refractivity contribution in [3.8, 4) is 16.3 Å². The Bertz CT molecular complexity index is 1190. The van der Waals surface area contributed by atoms with Gasteiger partial charge in [0.25, 0.3) is 5.91 Å². The molecule has 0 radical (unpaired) electrons. The molecule has 1 aliphatic heterocycles. The number of halogens is 1. The van der Waals surface area contributed by atoms with Crippen LogP contribution in [0, 0.1) is 5.82 Å². The van der Waals surface area contributed by atoms with Gasteiger partial charge in [-0.1, -0.05) is 30.4 Å². The van der Waals surface area contributed by atoms with E-state index >= 15 is 0 Å². The summed E-state index contributed by atoms with van der Waals surface area (Å²) in [5, 5.41) is 20.0. The summed E-state index contributed by atoms with van der Waals surface area (Å²) in [5.41, 5.74) is 0.481. The summed E-state index contributed by atoms with van der Waals surface area (Å²) in [7, 11) is 0. The minimum atomic E-state index is -0.635. The lowest BCUT2D eigenvalue weighted by Crippen LogP contribution is -2.47. The summed E-state index contributed by atoms with van der Waals surface area (Å²) in [4.78, 5) is 27.5. The molecule has 1 N–H and O–H groups in total. The molecule has 0 bridgehead atoms. The van der Waals surface area contributed by atoms with Crippen molar-refractivity contribution in [3.05, 3.63) is 62.8 Å². The number of rotatable bonds is 5. The number of nitrogens with zero attached hydrogens (tertiary/aromatic N) is 4. The van der Waals surface area contributed by atoms with Gasteiger partial charge < -0.3 is 14.6 Å². The fourth-order valence-electron chi connectivity index (χ4n) is 3.79. The van der Waals surface area contributed by atoms with Crippen molar-refractivity contribution in [3.63, 3.8) is 0 Å². The average molecular weight is 443 g/mol. The third kappa shape index (κ3) is 3.85. The molecule has 1 amide bonds. The predicted molar refractivity (Wildman–Crippen MR) is 116 cm³/mol. The third-order valence-corrected chi connectivity index (χ3v) is 6.49. The summed E-state index contributed by atoms with van der Waals surface area (Å²) >= 11 is 1.24. The highest BCUT2D eigenvalue weighted by molar-refractivity contribution is 7.14. The fourth-order valence-corrected chi connectivity index (χ4v) is 4.67. The molecule has 0 saturated carbocycles. The molecule has 31 heavy (non-hydrogen) atoms. The molecule has 1 aromatic carbocycles. The molecule has 3 heterocycles. The van der Waals surface area contributed by atoms with Gasteiger partial charge in [0.15, 0.2) is 16.5 Å². The van der Waals surface area contributed by atoms with Crippen molar-refractivity contribution in [1.29, 1.82) is 0 Å². The number of carbonyl (C=O) groups is 1. The molecule has 3 aromatic rings. The Labute approximate surface area is 182 Å². The average Bonchev–Trinajstić information content (AvgIpc) is 3.20. The Balaban J connectivity index is 1.74. The van der Waals surface area contributed by atoms with Crippen molar-refractivity contribution < 1.29 is 14.3 Å². The summed E-state index contributed by atoms with van der Waals surface area (Å²) in [5.74, 6) is -1.22. The topological polar surface area (TPSA) is 88.3 Å². The Morgan fingerprint density at radius 3 is 2.58 bits per heavy atom. The highest BCUT2D eigenvalue weighted by Crippen LogP contribution is 2.32. The van der Waals surface area contributed by atoms with Crippen LogP contribution in [0.25, 0.3) is 10.6 Å². The van der Waals surface area contributed by atoms with Crippen molar-refractivity contribution in [2.24, 2.45) is 0 Å². The molecule has 1 aliphatic rings. The molecular weight excluding hydrogens is 419 g/mol. The molecule has 0 saturated heterocycles. The molecular formula is C22H23FN4O3S. The van der Waals surface area contributed by atoms with Crippen LogP contribution in [-0.4, -0.2) is 43.3 Å². The fraction of sp³-hybridized carbons (Fsp3) is 0.364. The Kier molecular flexibility index (Phi) is 5.62. The van der Waals surface area contributed by atoms with Crippen molar-refractivity contribution in [2.75, 3.05) is 6.54 Å². The first-order chi connectivity index (χ1) is 14.8. The lowest BCUT2D eigenvalue weighted by atomic mass is 10.0. The highest BCUT2D eigenvalue weighted by Gasteiger charge is 2.35. The van der Waals surface area contributed by atoms with E-state index in [1.807, 2.05) is 20.8 Å². The molecule has 162 valence electrons. The second kappa shape index (κ2) is 8.22. The van der Waals surface area contributed by atoms with Crippen LogP contribution in [-0.2, 0) is 6.42 Å². The standard InChI is InChI=1S/C22H23FN4O3S/c1-4-15-10-26(12(2)3)22(30)18-20(29)19(28)16(11-27(15)18)21-25-24-17(31-21)9-13-5-7-14(23)8-6-13/h5-8,11-12,15,29H,4,9-10H2,1-3H3/t15-/m0/s1. The Hall–Kier alpha value is -3.07. The van der Waals surface area contributed by atoms with Gasteiger partial charge in [0, 0.05) is 25.2 Å². The molecule has 0 unspecified atom stereocenters. The van der Waals surface area contributed by atoms with Gasteiger partial charge in [-0.2, -0.15) is 0 Å². The van der Waals surface area contributed by atoms with E-state index in [-0.39, 0.29) is 35.1 Å². The number of aromatic hydroxyl groups is 1. The van der Waals surface area contributed by atoms with Crippen molar-refractivity contribution in [2.45, 2.75) is 45.7 Å². The molecule has 9 heteroatoms. The first-order valence-corrected chi connectivity index (χ1v) is 11.0. The highest BCUT2D eigenvalue weighted by atomic mass is 32.1. The van der Waals surface area contributed by atoms with E-state index in [0.717, 1.165) is 12.0 Å². The number of hydrogen-bond acceptors (Lipinski definition) is 6. The van der Waals surface area contributed by atoms with E-state index in [0.29, 0.717) is 23.0 Å². The first kappa shape index (κ1) is 21.2. The monoisotopic (exact) mass is 442 g/mol. The Morgan fingerprint density at radius 2 is 1.94 bits per heavy atom. The number of carbonyl (C=O) groups excluding carboxylic acids is 1. The van der Waals surface area contributed by atoms with Crippen molar-refractivity contribution in [1.82, 2.24) is 19.7 Å². The van der Waals surface area contributed by atoms with Crippen LogP contribution in [0.5, 0.6) is 5.75 Å². The third-order valence-electron chi connectivity index (χ3n) is 5.54. The van der Waals surface area contributed by atoms with Crippen LogP contribution in [0.1, 0.15) is 54.3 Å². The molecule has 7 nitrogen and oxygen atoms in total. The van der Waals surface area contributed by atoms with Crippen molar-refractivity contribution >= 4 is 17.2 Å². The van der Waals surface area contributed by atoms with E-state index in [9.17, 15) is 19.1 Å². The quantitative estimate of drug-likeness (QED) is 0.652. The number of hydrogen-bond donors (Lipinski definition) is 1. The smallest absolute Gasteiger partial charge is 0.274 e. The number of pyridine rings is 1. The Morgan fingerprint density at radius 1 is 1.23 bits per heavy atom. The summed E-state index contributed by atoms with van der Waals surface area (Å²) in [6.45, 7) is 6.33. The number of fused-ring (bicyclic) bond motifs is 1. The van der Waals surface area contributed by atoms with Crippen LogP contribution in [0.4, 0.5) is 4.39 Å². The maximum Gasteiger partial charge on any atom is 0.274 e. The number of benzene rings is 1. The summed E-state index contributed by atoms with van der Waals surface area (Å²) in [6, 6.07) is 6.01. The maximum atomic E-state index is 13.1. The van der Waals surface area contributed by atoms with E-state index < -0.39 is 11.2 Å². The zero-order chi connectivity index (χ0) is 22.3. The summed E-state index contributed by atoms with van der Waals surface area (Å²) < 4.78 is 14.8. The van der Waals surface area contributed by atoms with Crippen LogP contribution >= 0.6 is 11.3 Å². The van der Waals surface area contributed by atoms with E-state index in [4.69, 9.17) is 0 Å². The molecule has 0 aliphatic carbocycles. The minimum absolute atomic E-state index is 0.0246. The van der Waals surface area contributed by atoms with Gasteiger partial charge in [-0.25, -0.2) is 4.39 Å². The first-order valence-electron chi connectivity index (χ1n) is 10.2. The van der Waals surface area contributed by atoms with Gasteiger partial charge in [-0.05, 0) is 38.0 Å². The predicted octanol–water partition coefficient (Wildman–Crippen LogP) is 3.62. The molecule has 0 spiro atoms. The van der Waals surface area contributed by atoms with Gasteiger partial charge >= 0.3 is 0 Å². The second-order valence-corrected chi connectivity index (χ2v) is 8.96. The normalized spacial score (nSPS) is 16.1. The maximum absolute atomic E-state index is 13.1. The van der Waals surface area contributed by atoms with Gasteiger partial charge in [0.2, 0.25) is 5.43 Å². The lowest BCUT2D eigenvalue weighted by Gasteiger charge is -2.38. The van der Waals surface area contributed by atoms with Gasteiger partial charge in [-0.3, -0.25) is 9.59 Å². The van der Waals surface area contributed by atoms with Crippen LogP contribution in [0.2, 0.25) is 0 Å². The second-order valence-electron chi connectivity index (χ2n) is 7.89. The van der Waals surface area contributed by atoms with E-state index in [2.05, 4.69) is 10.2 Å². The van der Waals surface area contributed by atoms with Crippen LogP contribution < -0.4 is 5.43 Å². The molecule has 4 rings (SSSR count). The van der Waals surface area contributed by atoms with Gasteiger partial charge in [0.05, 0.1) is 11.6 Å². The molecule has 1 atom stereocenters.